The summed E-state index contributed by atoms with van der Waals surface area (Å²) >= 11 is 0. The van der Waals surface area contributed by atoms with Crippen molar-refractivity contribution in [1.29, 1.82) is 0 Å². The number of hydrogen-bond acceptors (Lipinski definition) is 6. The maximum Gasteiger partial charge on any atom is 0.351 e. The smallest absolute Gasteiger partial charge is 0.351 e. The molecule has 0 N–H and O–H groups in total. The molecule has 0 aliphatic carbocycles. The summed E-state index contributed by atoms with van der Waals surface area (Å²) in [6, 6.07) is 8.23. The van der Waals surface area contributed by atoms with Gasteiger partial charge >= 0.3 is 5.69 Å². The van der Waals surface area contributed by atoms with Crippen LogP contribution in [0.5, 0.6) is 5.88 Å². The molecule has 2 aromatic rings. The van der Waals surface area contributed by atoms with E-state index < -0.39 is 0 Å². The molecule has 1 saturated heterocycles. The van der Waals surface area contributed by atoms with Crippen molar-refractivity contribution >= 4 is 6.72 Å². The molecule has 1 unspecified atom stereocenters. The van der Waals surface area contributed by atoms with Crippen LogP contribution in [0.25, 0.3) is 11.3 Å². The van der Waals surface area contributed by atoms with Crippen LogP contribution in [0.4, 0.5) is 0 Å². The predicted molar refractivity (Wildman–Crippen MR) is 120 cm³/mol. The van der Waals surface area contributed by atoms with E-state index in [2.05, 4.69) is 41.5 Å². The van der Waals surface area contributed by atoms with Crippen molar-refractivity contribution in [3.05, 3.63) is 70.3 Å². The lowest BCUT2D eigenvalue weighted by Crippen LogP contribution is -2.34. The van der Waals surface area contributed by atoms with E-state index in [9.17, 15) is 4.79 Å². The fourth-order valence-corrected chi connectivity index (χ4v) is 3.92. The Morgan fingerprint density at radius 3 is 3.03 bits per heavy atom. The van der Waals surface area contributed by atoms with Crippen LogP contribution < -0.4 is 10.4 Å². The maximum atomic E-state index is 12.6. The highest BCUT2D eigenvalue weighted by atomic mass is 16.6. The van der Waals surface area contributed by atoms with E-state index in [0.717, 1.165) is 36.2 Å². The highest BCUT2D eigenvalue weighted by molar-refractivity contribution is 5.67. The number of aromatic nitrogens is 2. The first-order valence-electron chi connectivity index (χ1n) is 10.5. The summed E-state index contributed by atoms with van der Waals surface area (Å²) in [5.74, 6) is 0.318. The number of rotatable bonds is 8. The number of aliphatic imine (C=N–C) groups is 1. The Morgan fingerprint density at radius 1 is 1.35 bits per heavy atom. The van der Waals surface area contributed by atoms with Gasteiger partial charge < -0.3 is 14.2 Å². The number of ether oxygens (including phenoxy) is 3. The Labute approximate surface area is 181 Å². The molecule has 0 bridgehead atoms. The molecule has 2 aliphatic heterocycles. The topological polar surface area (TPSA) is 74.9 Å². The van der Waals surface area contributed by atoms with E-state index in [1.54, 1.807) is 10.6 Å². The maximum absolute atomic E-state index is 12.6. The Kier molecular flexibility index (Phi) is 6.74. The van der Waals surface area contributed by atoms with Crippen molar-refractivity contribution in [2.45, 2.75) is 31.9 Å². The van der Waals surface area contributed by atoms with Crippen molar-refractivity contribution in [1.82, 2.24) is 9.55 Å². The highest BCUT2D eigenvalue weighted by Gasteiger charge is 2.21. The molecular formula is C24H27N3O4. The normalized spacial score (nSPS) is 18.1. The first-order valence-corrected chi connectivity index (χ1v) is 10.5. The summed E-state index contributed by atoms with van der Waals surface area (Å²) in [5, 5.41) is 0. The van der Waals surface area contributed by atoms with Gasteiger partial charge in [-0.15, -0.1) is 0 Å². The average Bonchev–Trinajstić information content (AvgIpc) is 2.80. The number of benzene rings is 1. The lowest BCUT2D eigenvalue weighted by molar-refractivity contribution is -0.102. The molecule has 0 saturated carbocycles. The summed E-state index contributed by atoms with van der Waals surface area (Å²) in [6.45, 7) is 9.88. The fraction of sp³-hybridized carbons (Fsp3) is 0.375. The van der Waals surface area contributed by atoms with Gasteiger partial charge in [0.2, 0.25) is 5.88 Å². The molecule has 1 fully saturated rings. The second-order valence-corrected chi connectivity index (χ2v) is 7.59. The molecule has 1 aromatic heterocycles. The molecular weight excluding hydrogens is 394 g/mol. The van der Waals surface area contributed by atoms with Gasteiger partial charge in [-0.1, -0.05) is 30.9 Å². The van der Waals surface area contributed by atoms with Gasteiger partial charge in [0.05, 0.1) is 25.5 Å². The van der Waals surface area contributed by atoms with Crippen LogP contribution in [0.2, 0.25) is 0 Å². The van der Waals surface area contributed by atoms with Crippen LogP contribution in [0.1, 0.15) is 17.5 Å². The molecule has 0 radical (unpaired) electrons. The molecule has 3 heterocycles. The van der Waals surface area contributed by atoms with Gasteiger partial charge in [0, 0.05) is 23.9 Å². The van der Waals surface area contributed by atoms with Crippen LogP contribution >= 0.6 is 0 Å². The van der Waals surface area contributed by atoms with Crippen molar-refractivity contribution in [2.24, 2.45) is 4.99 Å². The average molecular weight is 421 g/mol. The monoisotopic (exact) mass is 421 g/mol. The third-order valence-corrected chi connectivity index (χ3v) is 5.52. The Balaban J connectivity index is 1.53. The molecule has 1 aromatic carbocycles. The molecule has 7 nitrogen and oxygen atoms in total. The molecule has 2 aliphatic rings. The first kappa shape index (κ1) is 21.2. The first-order chi connectivity index (χ1) is 15.2. The van der Waals surface area contributed by atoms with E-state index in [1.165, 1.54) is 11.1 Å². The number of aryl methyl sites for hydroxylation is 2. The summed E-state index contributed by atoms with van der Waals surface area (Å²) in [5.41, 5.74) is 4.96. The van der Waals surface area contributed by atoms with E-state index in [-0.39, 0.29) is 11.8 Å². The predicted octanol–water partition coefficient (Wildman–Crippen LogP) is 2.96. The quantitative estimate of drug-likeness (QED) is 0.484. The molecule has 0 amide bonds. The zero-order valence-corrected chi connectivity index (χ0v) is 17.6. The fourth-order valence-electron chi connectivity index (χ4n) is 3.92. The van der Waals surface area contributed by atoms with Gasteiger partial charge in [0.25, 0.3) is 0 Å². The zero-order valence-electron chi connectivity index (χ0n) is 17.6. The van der Waals surface area contributed by atoms with Gasteiger partial charge in [0.15, 0.2) is 0 Å². The minimum Gasteiger partial charge on any atom is -0.475 e. The number of nitrogens with zero attached hydrogens (tertiary/aromatic N) is 3. The minimum atomic E-state index is -0.292. The third kappa shape index (κ3) is 5.00. The number of hydrogen-bond donors (Lipinski definition) is 0. The minimum absolute atomic E-state index is 0.144. The highest BCUT2D eigenvalue weighted by Crippen LogP contribution is 2.31. The van der Waals surface area contributed by atoms with E-state index in [4.69, 9.17) is 14.2 Å². The SMILES string of the molecule is C=C/C=C(/CCc1ccc2c(c1)CCn1c-2cc(OCC2COCCO2)nc1=O)N=C. The standard InChI is InChI=1S/C24H27N3O4/c1-3-4-19(25-2)7-5-17-6-8-21-18(13-17)9-10-27-22(21)14-23(26-24(27)28)31-16-20-15-29-11-12-30-20/h3-4,6,8,13-14,20H,1-2,5,7,9-12,15-16H2/b19-4-. The molecule has 7 heteroatoms. The summed E-state index contributed by atoms with van der Waals surface area (Å²) in [4.78, 5) is 20.7. The Hall–Kier alpha value is -3.03. The summed E-state index contributed by atoms with van der Waals surface area (Å²) in [7, 11) is 0. The Bertz CT molecular complexity index is 1050. The zero-order chi connectivity index (χ0) is 21.6. The lowest BCUT2D eigenvalue weighted by atomic mass is 9.94. The Morgan fingerprint density at radius 2 is 2.26 bits per heavy atom. The van der Waals surface area contributed by atoms with Gasteiger partial charge in [-0.25, -0.2) is 4.79 Å². The number of fused-ring (bicyclic) bond motifs is 3. The van der Waals surface area contributed by atoms with Crippen molar-refractivity contribution in [3.63, 3.8) is 0 Å². The molecule has 1 atom stereocenters. The van der Waals surface area contributed by atoms with E-state index >= 15 is 0 Å². The molecule has 4 rings (SSSR count). The van der Waals surface area contributed by atoms with E-state index in [1.807, 2.05) is 12.1 Å². The molecule has 162 valence electrons. The van der Waals surface area contributed by atoms with Gasteiger partial charge in [-0.05, 0) is 43.2 Å². The van der Waals surface area contributed by atoms with Crippen molar-refractivity contribution in [2.75, 3.05) is 26.4 Å². The van der Waals surface area contributed by atoms with Crippen molar-refractivity contribution < 1.29 is 14.2 Å². The third-order valence-electron chi connectivity index (χ3n) is 5.52. The molecule has 31 heavy (non-hydrogen) atoms. The van der Waals surface area contributed by atoms with Crippen LogP contribution in [-0.2, 0) is 28.9 Å². The largest absolute Gasteiger partial charge is 0.475 e. The van der Waals surface area contributed by atoms with Crippen LogP contribution in [0.3, 0.4) is 0 Å². The van der Waals surface area contributed by atoms with Crippen LogP contribution in [0.15, 0.2) is 58.5 Å². The summed E-state index contributed by atoms with van der Waals surface area (Å²) < 4.78 is 18.5. The second kappa shape index (κ2) is 9.85. The van der Waals surface area contributed by atoms with Gasteiger partial charge in [-0.3, -0.25) is 9.56 Å². The van der Waals surface area contributed by atoms with Crippen LogP contribution in [-0.4, -0.2) is 48.8 Å². The van der Waals surface area contributed by atoms with E-state index in [0.29, 0.717) is 38.9 Å². The second-order valence-electron chi connectivity index (χ2n) is 7.59. The van der Waals surface area contributed by atoms with Crippen LogP contribution in [0, 0.1) is 0 Å². The summed E-state index contributed by atoms with van der Waals surface area (Å²) in [6.07, 6.45) is 5.93. The van der Waals surface area contributed by atoms with Gasteiger partial charge in [-0.2, -0.15) is 4.98 Å². The number of allylic oxidation sites excluding steroid dienone is 3. The van der Waals surface area contributed by atoms with Gasteiger partial charge in [0.1, 0.15) is 12.7 Å². The van der Waals surface area contributed by atoms with Crippen molar-refractivity contribution in [3.8, 4) is 17.1 Å². The molecule has 0 spiro atoms. The lowest BCUT2D eigenvalue weighted by Gasteiger charge is -2.24.